The monoisotopic (exact) mass is 338 g/mol. The van der Waals surface area contributed by atoms with Crippen molar-refractivity contribution in [2.24, 2.45) is 5.92 Å². The fourth-order valence-corrected chi connectivity index (χ4v) is 3.14. The van der Waals surface area contributed by atoms with Crippen LogP contribution < -0.4 is 5.32 Å². The van der Waals surface area contributed by atoms with Crippen LogP contribution in [0, 0.1) is 5.92 Å². The first-order chi connectivity index (χ1) is 12.2. The van der Waals surface area contributed by atoms with Gasteiger partial charge in [-0.2, -0.15) is 4.52 Å². The molecule has 25 heavy (non-hydrogen) atoms. The highest BCUT2D eigenvalue weighted by molar-refractivity contribution is 5.93. The summed E-state index contributed by atoms with van der Waals surface area (Å²) in [5, 5.41) is 7.53. The number of hydrogen-bond donors (Lipinski definition) is 1. The van der Waals surface area contributed by atoms with Crippen molar-refractivity contribution in [1.29, 1.82) is 0 Å². The molecule has 3 aromatic rings. The number of rotatable bonds is 4. The predicted molar refractivity (Wildman–Crippen MR) is 90.1 cm³/mol. The molecule has 4 heterocycles. The van der Waals surface area contributed by atoms with Gasteiger partial charge in [0.15, 0.2) is 17.2 Å². The maximum Gasteiger partial charge on any atom is 0.228 e. The molecule has 2 aliphatic rings. The van der Waals surface area contributed by atoms with Crippen LogP contribution in [0.25, 0.3) is 17.2 Å². The minimum Gasteiger partial charge on any atom is -0.461 e. The molecule has 0 radical (unpaired) electrons. The first-order valence-electron chi connectivity index (χ1n) is 8.48. The Morgan fingerprint density at radius 2 is 2.16 bits per heavy atom. The van der Waals surface area contributed by atoms with Crippen LogP contribution in [0.1, 0.15) is 24.6 Å². The summed E-state index contributed by atoms with van der Waals surface area (Å²) in [6, 6.07) is 5.40. The van der Waals surface area contributed by atoms with Gasteiger partial charge in [-0.15, -0.1) is 5.10 Å². The molecule has 0 spiro atoms. The summed E-state index contributed by atoms with van der Waals surface area (Å²) >= 11 is 0. The second-order valence-electron chi connectivity index (χ2n) is 6.86. The van der Waals surface area contributed by atoms with Crippen molar-refractivity contribution in [2.45, 2.75) is 18.8 Å². The van der Waals surface area contributed by atoms with Gasteiger partial charge in [-0.1, -0.05) is 0 Å². The molecule has 2 fully saturated rings. The fourth-order valence-electron chi connectivity index (χ4n) is 3.14. The lowest BCUT2D eigenvalue weighted by Crippen LogP contribution is -2.42. The first kappa shape index (κ1) is 14.6. The number of hydrogen-bond acceptors (Lipinski definition) is 6. The third-order valence-corrected chi connectivity index (χ3v) is 4.71. The molecule has 128 valence electrons. The third-order valence-electron chi connectivity index (χ3n) is 4.71. The number of fused-ring (bicyclic) bond motifs is 1. The van der Waals surface area contributed by atoms with E-state index >= 15 is 0 Å². The van der Waals surface area contributed by atoms with Crippen molar-refractivity contribution in [3.63, 3.8) is 0 Å². The molecule has 1 N–H and O–H groups in total. The largest absolute Gasteiger partial charge is 0.461 e. The lowest BCUT2D eigenvalue weighted by atomic mass is 10.0. The zero-order valence-corrected chi connectivity index (χ0v) is 13.8. The van der Waals surface area contributed by atoms with Gasteiger partial charge in [0.25, 0.3) is 0 Å². The van der Waals surface area contributed by atoms with Gasteiger partial charge in [0.05, 0.1) is 6.26 Å². The molecule has 3 aromatic heterocycles. The lowest BCUT2D eigenvalue weighted by Gasteiger charge is -2.33. The molecule has 1 saturated carbocycles. The van der Waals surface area contributed by atoms with Gasteiger partial charge in [-0.3, -0.25) is 4.79 Å². The van der Waals surface area contributed by atoms with E-state index in [1.54, 1.807) is 22.9 Å². The minimum absolute atomic E-state index is 0.0163. The van der Waals surface area contributed by atoms with Crippen LogP contribution in [0.5, 0.6) is 0 Å². The molecule has 1 aliphatic heterocycles. The van der Waals surface area contributed by atoms with Gasteiger partial charge in [0.1, 0.15) is 5.82 Å². The Kier molecular flexibility index (Phi) is 3.14. The zero-order chi connectivity index (χ0) is 17.0. The van der Waals surface area contributed by atoms with Gasteiger partial charge >= 0.3 is 0 Å². The Morgan fingerprint density at radius 1 is 1.32 bits per heavy atom. The fraction of sp³-hybridized carbons (Fsp3) is 0.412. The molecule has 0 bridgehead atoms. The zero-order valence-electron chi connectivity index (χ0n) is 13.8. The summed E-state index contributed by atoms with van der Waals surface area (Å²) in [6.45, 7) is 1.90. The van der Waals surface area contributed by atoms with E-state index in [2.05, 4.69) is 32.3 Å². The normalized spacial score (nSPS) is 18.4. The van der Waals surface area contributed by atoms with E-state index in [1.807, 2.05) is 6.07 Å². The van der Waals surface area contributed by atoms with Crippen molar-refractivity contribution < 1.29 is 9.21 Å². The Bertz CT molecular complexity index is 938. The number of amides is 1. The Morgan fingerprint density at radius 3 is 2.84 bits per heavy atom. The molecule has 0 aromatic carbocycles. The molecular weight excluding hydrogens is 320 g/mol. The molecule has 8 nitrogen and oxygen atoms in total. The average molecular weight is 338 g/mol. The maximum absolute atomic E-state index is 12.1. The van der Waals surface area contributed by atoms with E-state index in [-0.39, 0.29) is 11.8 Å². The number of anilines is 1. The predicted octanol–water partition coefficient (Wildman–Crippen LogP) is 1.76. The summed E-state index contributed by atoms with van der Waals surface area (Å²) in [7, 11) is 2.08. The second kappa shape index (κ2) is 5.38. The van der Waals surface area contributed by atoms with Crippen molar-refractivity contribution >= 4 is 17.4 Å². The molecule has 0 atom stereocenters. The molecule has 1 saturated heterocycles. The standard InChI is InChI=1S/C17H18N6O2/c1-22-8-11(9-22)15-20-14-7-13(19-17(24)10-4-5-10)18-16(23(14)21-15)12-3-2-6-25-12/h2-3,6-7,10-11H,4-5,8-9H2,1H3,(H,19,24). The van der Waals surface area contributed by atoms with E-state index in [1.165, 1.54) is 0 Å². The number of likely N-dealkylation sites (tertiary alicyclic amines) is 1. The van der Waals surface area contributed by atoms with Crippen molar-refractivity contribution in [2.75, 3.05) is 25.5 Å². The lowest BCUT2D eigenvalue weighted by molar-refractivity contribution is -0.117. The minimum atomic E-state index is 0.0163. The highest BCUT2D eigenvalue weighted by Crippen LogP contribution is 2.31. The van der Waals surface area contributed by atoms with E-state index in [4.69, 9.17) is 4.42 Å². The molecule has 1 aliphatic carbocycles. The van der Waals surface area contributed by atoms with Crippen LogP contribution in [0.4, 0.5) is 5.82 Å². The van der Waals surface area contributed by atoms with Crippen LogP contribution in [0.2, 0.25) is 0 Å². The number of carbonyl (C=O) groups excluding carboxylic acids is 1. The summed E-state index contributed by atoms with van der Waals surface area (Å²) in [4.78, 5) is 23.5. The highest BCUT2D eigenvalue weighted by Gasteiger charge is 2.31. The topological polar surface area (TPSA) is 88.6 Å². The van der Waals surface area contributed by atoms with Crippen LogP contribution in [0.3, 0.4) is 0 Å². The van der Waals surface area contributed by atoms with Crippen LogP contribution in [-0.2, 0) is 4.79 Å². The first-order valence-corrected chi connectivity index (χ1v) is 8.48. The summed E-state index contributed by atoms with van der Waals surface area (Å²) in [6.07, 6.45) is 3.49. The van der Waals surface area contributed by atoms with Gasteiger partial charge in [-0.05, 0) is 32.0 Å². The summed E-state index contributed by atoms with van der Waals surface area (Å²) in [5.74, 6) is 2.89. The average Bonchev–Trinajstić information content (AvgIpc) is 3.12. The Hall–Kier alpha value is -2.74. The SMILES string of the molecule is CN1CC(c2nc3cc(NC(=O)C4CC4)nc(-c4ccco4)n3n2)C1. The second-order valence-corrected chi connectivity index (χ2v) is 6.86. The number of aromatic nitrogens is 4. The maximum atomic E-state index is 12.1. The van der Waals surface area contributed by atoms with Crippen molar-refractivity contribution in [1.82, 2.24) is 24.5 Å². The van der Waals surface area contributed by atoms with Gasteiger partial charge in [0.2, 0.25) is 11.7 Å². The Labute approximate surface area is 143 Å². The number of nitrogens with one attached hydrogen (secondary N) is 1. The quantitative estimate of drug-likeness (QED) is 0.780. The smallest absolute Gasteiger partial charge is 0.228 e. The number of nitrogens with zero attached hydrogens (tertiary/aromatic N) is 5. The van der Waals surface area contributed by atoms with Crippen LogP contribution in [0.15, 0.2) is 28.9 Å². The van der Waals surface area contributed by atoms with E-state index in [9.17, 15) is 4.79 Å². The summed E-state index contributed by atoms with van der Waals surface area (Å²) < 4.78 is 7.20. The van der Waals surface area contributed by atoms with Crippen molar-refractivity contribution in [3.05, 3.63) is 30.3 Å². The highest BCUT2D eigenvalue weighted by atomic mass is 16.3. The van der Waals surface area contributed by atoms with Gasteiger partial charge in [0, 0.05) is 31.0 Å². The number of furan rings is 1. The van der Waals surface area contributed by atoms with Crippen LogP contribution >= 0.6 is 0 Å². The molecule has 8 heteroatoms. The van der Waals surface area contributed by atoms with E-state index < -0.39 is 0 Å². The van der Waals surface area contributed by atoms with Gasteiger partial charge in [-0.25, -0.2) is 9.97 Å². The van der Waals surface area contributed by atoms with Crippen LogP contribution in [-0.4, -0.2) is 50.5 Å². The molecule has 0 unspecified atom stereocenters. The summed E-state index contributed by atoms with van der Waals surface area (Å²) in [5.41, 5.74) is 0.664. The molecule has 5 rings (SSSR count). The van der Waals surface area contributed by atoms with E-state index in [0.29, 0.717) is 29.0 Å². The Balaban J connectivity index is 1.58. The van der Waals surface area contributed by atoms with Crippen molar-refractivity contribution in [3.8, 4) is 11.6 Å². The third kappa shape index (κ3) is 2.58. The molecule has 1 amide bonds. The number of likely N-dealkylation sites (N-methyl/N-ethyl adjacent to an activating group) is 1. The molecular formula is C17H18N6O2. The van der Waals surface area contributed by atoms with Gasteiger partial charge < -0.3 is 14.6 Å². The number of carbonyl (C=O) groups is 1. The van der Waals surface area contributed by atoms with E-state index in [0.717, 1.165) is 31.8 Å².